The highest BCUT2D eigenvalue weighted by molar-refractivity contribution is 6.22. The molecule has 7 nitrogen and oxygen atoms in total. The average Bonchev–Trinajstić information content (AvgIpc) is 3.03. The van der Waals surface area contributed by atoms with Gasteiger partial charge in [0.05, 0.1) is 24.4 Å². The Morgan fingerprint density at radius 3 is 2.26 bits per heavy atom. The van der Waals surface area contributed by atoms with Crippen LogP contribution in [0.2, 0.25) is 0 Å². The number of hydrogen-bond donors (Lipinski definition) is 2. The number of carbonyl (C=O) groups excluding carboxylic acids is 3. The number of amides is 3. The Bertz CT molecular complexity index is 1130. The molecule has 156 valence electrons. The predicted octanol–water partition coefficient (Wildman–Crippen LogP) is 4.00. The minimum absolute atomic E-state index is 0.0338. The van der Waals surface area contributed by atoms with E-state index in [0.29, 0.717) is 23.4 Å². The van der Waals surface area contributed by atoms with Crippen molar-refractivity contribution in [2.24, 2.45) is 0 Å². The van der Waals surface area contributed by atoms with E-state index in [9.17, 15) is 14.4 Å². The second kappa shape index (κ2) is 8.71. The standard InChI is InChI=1S/C24H21N3O4/c1-2-31-19-11-8-17(9-12-19)25-15-27-23(29)20-13-10-18(14-21(20)24(27)30)26-22(28)16-6-4-3-5-7-16/h3-14,25H,2,15H2,1H3,(H,26,28). The molecule has 0 spiro atoms. The van der Waals surface area contributed by atoms with Gasteiger partial charge in [-0.3, -0.25) is 19.3 Å². The van der Waals surface area contributed by atoms with Gasteiger partial charge in [-0.2, -0.15) is 0 Å². The van der Waals surface area contributed by atoms with Crippen LogP contribution in [0.1, 0.15) is 38.0 Å². The van der Waals surface area contributed by atoms with Gasteiger partial charge in [0.2, 0.25) is 0 Å². The van der Waals surface area contributed by atoms with Gasteiger partial charge in [0, 0.05) is 16.9 Å². The number of nitrogens with zero attached hydrogens (tertiary/aromatic N) is 1. The van der Waals surface area contributed by atoms with Crippen molar-refractivity contribution in [3.8, 4) is 5.75 Å². The Balaban J connectivity index is 1.44. The number of nitrogens with one attached hydrogen (secondary N) is 2. The summed E-state index contributed by atoms with van der Waals surface area (Å²) in [5.41, 5.74) is 2.30. The molecule has 0 aromatic heterocycles. The number of anilines is 2. The van der Waals surface area contributed by atoms with Crippen LogP contribution in [0, 0.1) is 0 Å². The van der Waals surface area contributed by atoms with Crippen molar-refractivity contribution in [2.75, 3.05) is 23.9 Å². The zero-order valence-electron chi connectivity index (χ0n) is 16.9. The summed E-state index contributed by atoms with van der Waals surface area (Å²) in [7, 11) is 0. The summed E-state index contributed by atoms with van der Waals surface area (Å²) in [6.07, 6.45) is 0. The fraction of sp³-hybridized carbons (Fsp3) is 0.125. The Kier molecular flexibility index (Phi) is 5.66. The lowest BCUT2D eigenvalue weighted by Crippen LogP contribution is -2.34. The molecule has 0 fully saturated rings. The van der Waals surface area contributed by atoms with Crippen LogP contribution in [0.3, 0.4) is 0 Å². The van der Waals surface area contributed by atoms with E-state index in [1.165, 1.54) is 6.07 Å². The third-order valence-corrected chi connectivity index (χ3v) is 4.87. The molecule has 2 N–H and O–H groups in total. The van der Waals surface area contributed by atoms with Crippen LogP contribution in [-0.2, 0) is 0 Å². The lowest BCUT2D eigenvalue weighted by atomic mass is 10.1. The van der Waals surface area contributed by atoms with Crippen LogP contribution < -0.4 is 15.4 Å². The molecule has 1 aliphatic heterocycles. The third-order valence-electron chi connectivity index (χ3n) is 4.87. The van der Waals surface area contributed by atoms with Crippen molar-refractivity contribution >= 4 is 29.1 Å². The number of hydrogen-bond acceptors (Lipinski definition) is 5. The maximum Gasteiger partial charge on any atom is 0.263 e. The third kappa shape index (κ3) is 4.25. The zero-order chi connectivity index (χ0) is 21.8. The summed E-state index contributed by atoms with van der Waals surface area (Å²) in [4.78, 5) is 39.0. The van der Waals surface area contributed by atoms with E-state index >= 15 is 0 Å². The molecule has 0 aliphatic carbocycles. The highest BCUT2D eigenvalue weighted by Gasteiger charge is 2.35. The van der Waals surface area contributed by atoms with Crippen LogP contribution in [0.25, 0.3) is 0 Å². The second-order valence-electron chi connectivity index (χ2n) is 6.91. The summed E-state index contributed by atoms with van der Waals surface area (Å²) in [5, 5.41) is 5.84. The zero-order valence-corrected chi connectivity index (χ0v) is 16.9. The Hall–Kier alpha value is -4.13. The molecule has 0 unspecified atom stereocenters. The van der Waals surface area contributed by atoms with Gasteiger partial charge in [-0.05, 0) is 61.5 Å². The van der Waals surface area contributed by atoms with Gasteiger partial charge in [0.25, 0.3) is 17.7 Å². The molecule has 31 heavy (non-hydrogen) atoms. The van der Waals surface area contributed by atoms with Gasteiger partial charge in [0.1, 0.15) is 5.75 Å². The maximum absolute atomic E-state index is 12.8. The minimum Gasteiger partial charge on any atom is -0.494 e. The van der Waals surface area contributed by atoms with Gasteiger partial charge in [0.15, 0.2) is 0 Å². The first-order valence-electron chi connectivity index (χ1n) is 9.90. The smallest absolute Gasteiger partial charge is 0.263 e. The number of benzene rings is 3. The predicted molar refractivity (Wildman–Crippen MR) is 117 cm³/mol. The fourth-order valence-electron chi connectivity index (χ4n) is 3.31. The summed E-state index contributed by atoms with van der Waals surface area (Å²) < 4.78 is 5.41. The van der Waals surface area contributed by atoms with Gasteiger partial charge >= 0.3 is 0 Å². The molecule has 3 aromatic rings. The molecule has 0 saturated carbocycles. The largest absolute Gasteiger partial charge is 0.494 e. The van der Waals surface area contributed by atoms with Gasteiger partial charge < -0.3 is 15.4 Å². The topological polar surface area (TPSA) is 87.7 Å². The average molecular weight is 415 g/mol. The molecule has 7 heteroatoms. The highest BCUT2D eigenvalue weighted by atomic mass is 16.5. The Morgan fingerprint density at radius 1 is 0.871 bits per heavy atom. The van der Waals surface area contributed by atoms with Crippen molar-refractivity contribution < 1.29 is 19.1 Å². The quantitative estimate of drug-likeness (QED) is 0.570. The van der Waals surface area contributed by atoms with Crippen LogP contribution in [0.4, 0.5) is 11.4 Å². The molecule has 0 radical (unpaired) electrons. The molecule has 1 aliphatic rings. The van der Waals surface area contributed by atoms with Gasteiger partial charge in [-0.1, -0.05) is 18.2 Å². The second-order valence-corrected chi connectivity index (χ2v) is 6.91. The molecule has 0 bridgehead atoms. The molecule has 0 atom stereocenters. The maximum atomic E-state index is 12.8. The van der Waals surface area contributed by atoms with Crippen molar-refractivity contribution in [2.45, 2.75) is 6.92 Å². The molecule has 3 aromatic carbocycles. The molecular formula is C24H21N3O4. The molecule has 0 saturated heterocycles. The monoisotopic (exact) mass is 415 g/mol. The lowest BCUT2D eigenvalue weighted by molar-refractivity contribution is 0.0665. The molecule has 1 heterocycles. The first kappa shape index (κ1) is 20.2. The SMILES string of the molecule is CCOc1ccc(NCN2C(=O)c3ccc(NC(=O)c4ccccc4)cc3C2=O)cc1. The van der Waals surface area contributed by atoms with E-state index in [4.69, 9.17) is 4.74 Å². The van der Waals surface area contributed by atoms with Crippen LogP contribution in [-0.4, -0.2) is 35.9 Å². The number of ether oxygens (including phenoxy) is 1. The van der Waals surface area contributed by atoms with Crippen molar-refractivity contribution in [1.29, 1.82) is 0 Å². The minimum atomic E-state index is -0.408. The summed E-state index contributed by atoms with van der Waals surface area (Å²) in [5.74, 6) is -0.321. The van der Waals surface area contributed by atoms with E-state index in [1.807, 2.05) is 37.3 Å². The Morgan fingerprint density at radius 2 is 1.55 bits per heavy atom. The molecule has 3 amide bonds. The van der Waals surface area contributed by atoms with E-state index < -0.39 is 5.91 Å². The summed E-state index contributed by atoms with van der Waals surface area (Å²) in [6.45, 7) is 2.52. The first-order chi connectivity index (χ1) is 15.1. The van der Waals surface area contributed by atoms with E-state index in [0.717, 1.165) is 16.3 Å². The first-order valence-corrected chi connectivity index (χ1v) is 9.90. The molecule has 4 rings (SSSR count). The van der Waals surface area contributed by atoms with E-state index in [1.54, 1.807) is 36.4 Å². The summed E-state index contributed by atoms with van der Waals surface area (Å²) in [6, 6.07) is 20.8. The van der Waals surface area contributed by atoms with Crippen LogP contribution >= 0.6 is 0 Å². The van der Waals surface area contributed by atoms with E-state index in [2.05, 4.69) is 10.6 Å². The van der Waals surface area contributed by atoms with Crippen molar-refractivity contribution in [3.05, 3.63) is 89.5 Å². The number of rotatable bonds is 7. The number of carbonyl (C=O) groups is 3. The number of fused-ring (bicyclic) bond motifs is 1. The van der Waals surface area contributed by atoms with Gasteiger partial charge in [-0.25, -0.2) is 0 Å². The van der Waals surface area contributed by atoms with Crippen molar-refractivity contribution in [3.63, 3.8) is 0 Å². The van der Waals surface area contributed by atoms with Crippen molar-refractivity contribution in [1.82, 2.24) is 4.90 Å². The fourth-order valence-corrected chi connectivity index (χ4v) is 3.31. The van der Waals surface area contributed by atoms with Crippen LogP contribution in [0.15, 0.2) is 72.8 Å². The molecular weight excluding hydrogens is 394 g/mol. The Labute approximate surface area is 179 Å². The highest BCUT2D eigenvalue weighted by Crippen LogP contribution is 2.26. The van der Waals surface area contributed by atoms with E-state index in [-0.39, 0.29) is 24.0 Å². The van der Waals surface area contributed by atoms with Crippen LogP contribution in [0.5, 0.6) is 5.75 Å². The lowest BCUT2D eigenvalue weighted by Gasteiger charge is -2.15. The summed E-state index contributed by atoms with van der Waals surface area (Å²) >= 11 is 0. The number of imide groups is 1. The normalized spacial score (nSPS) is 12.5. The van der Waals surface area contributed by atoms with Gasteiger partial charge in [-0.15, -0.1) is 0 Å².